The molecule has 0 atom stereocenters. The van der Waals surface area contributed by atoms with Crippen LogP contribution in [0.15, 0.2) is 60.8 Å². The van der Waals surface area contributed by atoms with Crippen molar-refractivity contribution in [3.05, 3.63) is 93.9 Å². The van der Waals surface area contributed by atoms with Crippen LogP contribution in [0.4, 0.5) is 21.7 Å². The predicted octanol–water partition coefficient (Wildman–Crippen LogP) is 6.93. The summed E-state index contributed by atoms with van der Waals surface area (Å²) >= 11 is 6.61. The summed E-state index contributed by atoms with van der Waals surface area (Å²) in [5, 5.41) is 6.11. The molecule has 0 unspecified atom stereocenters. The quantitative estimate of drug-likeness (QED) is 0.151. The molecular formula is C38H43ClFN7O4. The van der Waals surface area contributed by atoms with Crippen LogP contribution in [0.25, 0.3) is 0 Å². The number of amides is 2. The molecule has 0 saturated carbocycles. The number of carbonyl (C=O) groups is 2. The van der Waals surface area contributed by atoms with E-state index in [0.29, 0.717) is 36.6 Å². The molecule has 2 N–H and O–H groups in total. The summed E-state index contributed by atoms with van der Waals surface area (Å²) < 4.78 is 27.0. The van der Waals surface area contributed by atoms with E-state index in [-0.39, 0.29) is 39.8 Å². The number of piperazine rings is 1. The molecule has 13 heteroatoms. The van der Waals surface area contributed by atoms with Crippen LogP contribution in [0.5, 0.6) is 17.4 Å². The third-order valence-electron chi connectivity index (χ3n) is 9.16. The summed E-state index contributed by atoms with van der Waals surface area (Å²) in [6, 6.07) is 15.0. The van der Waals surface area contributed by atoms with Gasteiger partial charge in [0.2, 0.25) is 11.8 Å². The molecule has 2 aliphatic rings. The summed E-state index contributed by atoms with van der Waals surface area (Å²) in [5.41, 5.74) is 3.29. The van der Waals surface area contributed by atoms with Crippen molar-refractivity contribution in [1.82, 2.24) is 24.7 Å². The Bertz CT molecular complexity index is 1860. The Morgan fingerprint density at radius 3 is 2.37 bits per heavy atom. The van der Waals surface area contributed by atoms with Gasteiger partial charge in [-0.3, -0.25) is 9.59 Å². The van der Waals surface area contributed by atoms with Gasteiger partial charge < -0.3 is 34.8 Å². The number of hydrogen-bond acceptors (Lipinski definition) is 9. The number of nitrogens with zero attached hydrogens (tertiary/aromatic N) is 5. The first-order valence-corrected chi connectivity index (χ1v) is 17.6. The maximum atomic E-state index is 15.1. The third kappa shape index (κ3) is 9.12. The minimum atomic E-state index is -0.531. The molecule has 1 aromatic heterocycles. The van der Waals surface area contributed by atoms with E-state index in [1.165, 1.54) is 12.3 Å². The monoisotopic (exact) mass is 715 g/mol. The zero-order valence-corrected chi connectivity index (χ0v) is 29.9. The third-order valence-corrected chi connectivity index (χ3v) is 9.45. The highest BCUT2D eigenvalue weighted by atomic mass is 35.5. The second-order valence-corrected chi connectivity index (χ2v) is 13.4. The molecule has 268 valence electrons. The fourth-order valence-corrected chi connectivity index (χ4v) is 6.36. The molecule has 11 nitrogen and oxygen atoms in total. The SMILES string of the molecule is Cc1cccc(C)c1NC(=O)c1cnc(Nc2ccc(OCCCN3CCN(C)CC3)c(F)c2)nc1Oc1ccc(C(=O)N2CCCC2)cc1Cl. The van der Waals surface area contributed by atoms with E-state index in [1.807, 2.05) is 32.0 Å². The number of halogens is 2. The second kappa shape index (κ2) is 16.5. The van der Waals surface area contributed by atoms with Crippen LogP contribution in [0.3, 0.4) is 0 Å². The summed E-state index contributed by atoms with van der Waals surface area (Å²) in [7, 11) is 2.12. The summed E-state index contributed by atoms with van der Waals surface area (Å²) in [4.78, 5) is 41.9. The first-order valence-electron chi connectivity index (χ1n) is 17.3. The van der Waals surface area contributed by atoms with Gasteiger partial charge in [0.15, 0.2) is 11.6 Å². The van der Waals surface area contributed by atoms with Crippen LogP contribution in [-0.2, 0) is 0 Å². The van der Waals surface area contributed by atoms with E-state index in [1.54, 1.807) is 35.2 Å². The summed E-state index contributed by atoms with van der Waals surface area (Å²) in [6.07, 6.45) is 4.07. The molecule has 51 heavy (non-hydrogen) atoms. The molecule has 0 spiro atoms. The Hall–Kier alpha value is -4.78. The van der Waals surface area contributed by atoms with Gasteiger partial charge in [-0.05, 0) is 81.6 Å². The Morgan fingerprint density at radius 2 is 1.67 bits per heavy atom. The van der Waals surface area contributed by atoms with Crippen LogP contribution in [0.2, 0.25) is 5.02 Å². The average Bonchev–Trinajstić information content (AvgIpc) is 3.66. The Balaban J connectivity index is 1.18. The van der Waals surface area contributed by atoms with Crippen molar-refractivity contribution >= 4 is 40.7 Å². The van der Waals surface area contributed by atoms with Gasteiger partial charge >= 0.3 is 0 Å². The number of nitrogens with one attached hydrogen (secondary N) is 2. The fourth-order valence-electron chi connectivity index (χ4n) is 6.14. The Morgan fingerprint density at radius 1 is 0.941 bits per heavy atom. The number of likely N-dealkylation sites (tertiary alicyclic amines) is 1. The second-order valence-electron chi connectivity index (χ2n) is 13.0. The number of likely N-dealkylation sites (N-methyl/N-ethyl adjacent to an activating group) is 1. The van der Waals surface area contributed by atoms with Crippen LogP contribution in [0, 0.1) is 19.7 Å². The molecule has 0 aliphatic carbocycles. The molecule has 6 rings (SSSR count). The van der Waals surface area contributed by atoms with Gasteiger partial charge in [0.25, 0.3) is 11.8 Å². The highest BCUT2D eigenvalue weighted by molar-refractivity contribution is 6.32. The first kappa shape index (κ1) is 36.0. The molecule has 2 amide bonds. The van der Waals surface area contributed by atoms with Crippen LogP contribution in [-0.4, -0.2) is 95.9 Å². The molecule has 4 aromatic rings. The first-order chi connectivity index (χ1) is 24.6. The molecule has 2 aliphatic heterocycles. The van der Waals surface area contributed by atoms with Crippen LogP contribution >= 0.6 is 11.6 Å². The molecule has 3 aromatic carbocycles. The standard InChI is InChI=1S/C38H43ClFN7O4/c1-25-8-6-9-26(2)34(25)43-35(48)29-24-41-38(44-36(29)51-32-12-10-27(22-30(32)39)37(49)47-15-4-5-16-47)42-28-11-13-33(31(40)23-28)50-21-7-14-46-19-17-45(3)18-20-46/h6,8-13,22-24H,4-5,7,14-21H2,1-3H3,(H,43,48)(H,41,42,44). The number of rotatable bonds is 12. The smallest absolute Gasteiger partial charge is 0.262 e. The lowest BCUT2D eigenvalue weighted by Crippen LogP contribution is -2.44. The maximum absolute atomic E-state index is 15.1. The van der Waals surface area contributed by atoms with Gasteiger partial charge in [0, 0.05) is 75.0 Å². The molecular weight excluding hydrogens is 673 g/mol. The minimum absolute atomic E-state index is 0.0444. The number of aryl methyl sites for hydroxylation is 2. The van der Waals surface area contributed by atoms with Crippen molar-refractivity contribution in [3.8, 4) is 17.4 Å². The van der Waals surface area contributed by atoms with Crippen LogP contribution in [0.1, 0.15) is 51.1 Å². The average molecular weight is 716 g/mol. The lowest BCUT2D eigenvalue weighted by atomic mass is 10.1. The molecule has 0 bridgehead atoms. The van der Waals surface area contributed by atoms with E-state index in [4.69, 9.17) is 21.1 Å². The van der Waals surface area contributed by atoms with Crippen molar-refractivity contribution in [3.63, 3.8) is 0 Å². The van der Waals surface area contributed by atoms with Gasteiger partial charge in [-0.1, -0.05) is 29.8 Å². The zero-order chi connectivity index (χ0) is 35.9. The Kier molecular flexibility index (Phi) is 11.7. The number of benzene rings is 3. The zero-order valence-electron chi connectivity index (χ0n) is 29.2. The number of ether oxygens (including phenoxy) is 2. The van der Waals surface area contributed by atoms with Gasteiger partial charge in [-0.2, -0.15) is 4.98 Å². The van der Waals surface area contributed by atoms with Crippen molar-refractivity contribution in [1.29, 1.82) is 0 Å². The largest absolute Gasteiger partial charge is 0.490 e. The highest BCUT2D eigenvalue weighted by Gasteiger charge is 2.23. The van der Waals surface area contributed by atoms with E-state index in [2.05, 4.69) is 37.4 Å². The van der Waals surface area contributed by atoms with E-state index >= 15 is 4.39 Å². The number of anilines is 3. The number of para-hydroxylation sites is 1. The molecule has 0 radical (unpaired) electrons. The number of aromatic nitrogens is 2. The number of carbonyl (C=O) groups excluding carboxylic acids is 2. The van der Waals surface area contributed by atoms with Gasteiger partial charge in [0.05, 0.1) is 11.6 Å². The van der Waals surface area contributed by atoms with Gasteiger partial charge in [0.1, 0.15) is 11.3 Å². The lowest BCUT2D eigenvalue weighted by Gasteiger charge is -2.32. The topological polar surface area (TPSA) is 112 Å². The van der Waals surface area contributed by atoms with E-state index in [0.717, 1.165) is 63.1 Å². The number of hydrogen-bond donors (Lipinski definition) is 2. The Labute approximate surface area is 302 Å². The van der Waals surface area contributed by atoms with Crippen molar-refractivity contribution in [2.45, 2.75) is 33.1 Å². The summed E-state index contributed by atoms with van der Waals surface area (Å²) in [5.74, 6) is -0.799. The van der Waals surface area contributed by atoms with Crippen LogP contribution < -0.4 is 20.1 Å². The summed E-state index contributed by atoms with van der Waals surface area (Å²) in [6.45, 7) is 10.7. The predicted molar refractivity (Wildman–Crippen MR) is 196 cm³/mol. The normalized spacial score (nSPS) is 15.1. The van der Waals surface area contributed by atoms with Gasteiger partial charge in [-0.15, -0.1) is 0 Å². The van der Waals surface area contributed by atoms with E-state index in [9.17, 15) is 9.59 Å². The van der Waals surface area contributed by atoms with Crippen molar-refractivity contribution in [2.75, 3.05) is 70.1 Å². The van der Waals surface area contributed by atoms with Crippen molar-refractivity contribution in [2.24, 2.45) is 0 Å². The lowest BCUT2D eigenvalue weighted by molar-refractivity contribution is 0.0792. The fraction of sp³-hybridized carbons (Fsp3) is 0.368. The molecule has 2 fully saturated rings. The minimum Gasteiger partial charge on any atom is -0.490 e. The molecule has 2 saturated heterocycles. The van der Waals surface area contributed by atoms with Crippen molar-refractivity contribution < 1.29 is 23.5 Å². The highest BCUT2D eigenvalue weighted by Crippen LogP contribution is 2.33. The molecule has 3 heterocycles. The maximum Gasteiger partial charge on any atom is 0.262 e. The van der Waals surface area contributed by atoms with E-state index < -0.39 is 11.7 Å². The van der Waals surface area contributed by atoms with Gasteiger partial charge in [-0.25, -0.2) is 9.37 Å².